The predicted molar refractivity (Wildman–Crippen MR) is 241 cm³/mol. The fourth-order valence-corrected chi connectivity index (χ4v) is 5.62. The third-order valence-electron chi connectivity index (χ3n) is 7.99. The van der Waals surface area contributed by atoms with Gasteiger partial charge in [-0.3, -0.25) is 0 Å². The molecule has 8 rings (SSSR count). The molecule has 1 radical (unpaired) electrons. The number of rotatable bonds is 5. The van der Waals surface area contributed by atoms with Crippen molar-refractivity contribution in [3.63, 3.8) is 0 Å². The Morgan fingerprint density at radius 1 is 0.559 bits per heavy atom. The Balaban J connectivity index is 0.000000346. The Hall–Kier alpha value is -4.57. The van der Waals surface area contributed by atoms with Crippen LogP contribution in [0.1, 0.15) is 77.5 Å². The molecule has 0 aliphatic carbocycles. The molecule has 0 unspecified atom stereocenters. The summed E-state index contributed by atoms with van der Waals surface area (Å²) >= 11 is 0. The Kier molecular flexibility index (Phi) is 14.0. The number of hydrogen-bond donors (Lipinski definition) is 0. The molecule has 4 aromatic carbocycles. The number of furan rings is 1. The molecule has 0 bridgehead atoms. The fourth-order valence-electron chi connectivity index (χ4n) is 5.62. The predicted octanol–water partition coefficient (Wildman–Crippen LogP) is 14.2. The maximum absolute atomic E-state index is 8.25. The summed E-state index contributed by atoms with van der Waals surface area (Å²) < 4.78 is 82.9. The van der Waals surface area contributed by atoms with E-state index in [1.54, 1.807) is 54.7 Å². The maximum atomic E-state index is 8.25. The van der Waals surface area contributed by atoms with Crippen molar-refractivity contribution >= 4 is 21.9 Å². The van der Waals surface area contributed by atoms with Gasteiger partial charge in [0.25, 0.3) is 0 Å². The van der Waals surface area contributed by atoms with Crippen molar-refractivity contribution in [2.45, 2.75) is 68.0 Å². The summed E-state index contributed by atoms with van der Waals surface area (Å²) in [6, 6.07) is 43.3. The normalized spacial score (nSPS) is 14.1. The van der Waals surface area contributed by atoms with Crippen LogP contribution in [0.15, 0.2) is 138 Å². The second-order valence-electron chi connectivity index (χ2n) is 15.0. The number of pyridine rings is 3. The van der Waals surface area contributed by atoms with E-state index < -0.39 is 37.3 Å². The second-order valence-corrected chi connectivity index (χ2v) is 15.0. The first-order chi connectivity index (χ1) is 30.3. The molecule has 309 valence electrons. The Bertz CT molecular complexity index is 2710. The molecule has 8 aromatic rings. The van der Waals surface area contributed by atoms with Gasteiger partial charge >= 0.3 is 20.1 Å². The van der Waals surface area contributed by atoms with Crippen molar-refractivity contribution < 1.29 is 58.3 Å². The van der Waals surface area contributed by atoms with Crippen molar-refractivity contribution in [3.05, 3.63) is 189 Å². The summed E-state index contributed by atoms with van der Waals surface area (Å²) in [5.41, 5.74) is 6.70. The molecule has 0 saturated carbocycles. The van der Waals surface area contributed by atoms with E-state index in [4.69, 9.17) is 18.1 Å². The maximum Gasteiger partial charge on any atom is 3.00 e. The molecule has 4 nitrogen and oxygen atoms in total. The van der Waals surface area contributed by atoms with E-state index in [1.165, 1.54) is 24.5 Å². The monoisotopic (exact) mass is 1150 g/mol. The topological polar surface area (TPSA) is 51.8 Å². The fraction of sp³-hybridized carbons (Fsp3) is 0.226. The minimum Gasteiger partial charge on any atom is -0.455 e. The summed E-state index contributed by atoms with van der Waals surface area (Å²) in [5, 5.41) is 2.22. The van der Waals surface area contributed by atoms with Crippen LogP contribution in [0, 0.1) is 57.6 Å². The molecule has 6 heteroatoms. The van der Waals surface area contributed by atoms with E-state index in [0.717, 1.165) is 33.2 Å². The van der Waals surface area contributed by atoms with Gasteiger partial charge in [0.05, 0.1) is 6.20 Å². The van der Waals surface area contributed by atoms with Crippen molar-refractivity contribution in [3.8, 4) is 33.8 Å². The van der Waals surface area contributed by atoms with Crippen molar-refractivity contribution in [2.24, 2.45) is 10.8 Å². The van der Waals surface area contributed by atoms with Gasteiger partial charge in [-0.25, -0.2) is 0 Å². The van der Waals surface area contributed by atoms with E-state index in [-0.39, 0.29) is 66.2 Å². The number of aryl methyl sites for hydroxylation is 2. The zero-order valence-electron chi connectivity index (χ0n) is 44.6. The SMILES string of the molecule is [2H]C([2H])([2H])c1c[c-]c(-c2ccc(C([2H])([2H])C(C)(C)C)cn2)cc1.[2H]C([2H])([2H])c1c[c-]c(-c2ccc(C([2H])([2H])C(C)(C)C)cn2)cc1.[CH3-].[CH3-].[Ir+3].[Ir].[c-]1ccccc1-c1cc2c(cn1)oc1ccccc12. The number of nitrogens with zero attached hydrogens (tertiary/aromatic N) is 3. The summed E-state index contributed by atoms with van der Waals surface area (Å²) in [5.74, 6) is 0. The van der Waals surface area contributed by atoms with E-state index in [0.29, 0.717) is 33.6 Å². The van der Waals surface area contributed by atoms with E-state index in [9.17, 15) is 0 Å². The van der Waals surface area contributed by atoms with Crippen molar-refractivity contribution in [2.75, 3.05) is 0 Å². The molecule has 0 saturated heterocycles. The van der Waals surface area contributed by atoms with Crippen LogP contribution in [0.3, 0.4) is 0 Å². The number of hydrogen-bond acceptors (Lipinski definition) is 4. The van der Waals surface area contributed by atoms with Gasteiger partial charge in [0.1, 0.15) is 5.58 Å². The number of fused-ring (bicyclic) bond motifs is 3. The minimum absolute atomic E-state index is 0. The van der Waals surface area contributed by atoms with Crippen LogP contribution in [0.2, 0.25) is 0 Å². The minimum atomic E-state index is -2.14. The summed E-state index contributed by atoms with van der Waals surface area (Å²) in [6.45, 7) is 6.81. The largest absolute Gasteiger partial charge is 3.00 e. The zero-order valence-corrected chi connectivity index (χ0v) is 39.4. The van der Waals surface area contributed by atoms with Crippen LogP contribution in [0.5, 0.6) is 0 Å². The number of aromatic nitrogens is 3. The third-order valence-corrected chi connectivity index (χ3v) is 7.99. The van der Waals surface area contributed by atoms with E-state index in [1.807, 2.05) is 84.0 Å². The van der Waals surface area contributed by atoms with E-state index in [2.05, 4.69) is 45.3 Å². The molecule has 0 spiro atoms. The summed E-state index contributed by atoms with van der Waals surface area (Å²) in [7, 11) is 0. The van der Waals surface area contributed by atoms with Crippen molar-refractivity contribution in [1.82, 2.24) is 15.0 Å². The first kappa shape index (κ1) is 36.3. The molecule has 0 amide bonds. The molecule has 4 aromatic heterocycles. The van der Waals surface area contributed by atoms with Crippen LogP contribution in [0.4, 0.5) is 0 Å². The van der Waals surface area contributed by atoms with Gasteiger partial charge in [-0.15, -0.1) is 107 Å². The Morgan fingerprint density at radius 2 is 1.07 bits per heavy atom. The van der Waals surface area contributed by atoms with Crippen LogP contribution < -0.4 is 0 Å². The third kappa shape index (κ3) is 14.9. The average Bonchev–Trinajstić information content (AvgIpc) is 3.64. The molecular formula is C53H56Ir2N3O-2. The van der Waals surface area contributed by atoms with Gasteiger partial charge in [-0.2, -0.15) is 0 Å². The summed E-state index contributed by atoms with van der Waals surface area (Å²) in [6.07, 6.45) is 1.87. The van der Waals surface area contributed by atoms with Crippen molar-refractivity contribution in [1.29, 1.82) is 0 Å². The molecule has 0 aliphatic heterocycles. The molecule has 0 N–H and O–H groups in total. The molecule has 59 heavy (non-hydrogen) atoms. The van der Waals surface area contributed by atoms with Crippen LogP contribution in [-0.2, 0) is 53.0 Å². The molecule has 0 atom stereocenters. The summed E-state index contributed by atoms with van der Waals surface area (Å²) in [4.78, 5) is 13.1. The standard InChI is InChI=1S/C17H10NO.2C17H20N.2CH3.2Ir/c1-2-6-12(7-3-1)15-10-14-13-8-4-5-9-16(13)19-17(14)11-18-15;2*1-13-5-8-15(9-6-13)16-10-7-14(12-18-16)11-17(2,3)4;;;;/h1-6,8-11H;2*5-8,10,12H,11H2,1-4H3;2*1H3;;/q5*-1;;+3/i;2*1D3,11D2;;;;. The molecule has 4 heterocycles. The smallest absolute Gasteiger partial charge is 0.455 e. The van der Waals surface area contributed by atoms with Gasteiger partial charge < -0.3 is 34.2 Å². The zero-order chi connectivity index (χ0) is 47.6. The van der Waals surface area contributed by atoms with Gasteiger partial charge in [0, 0.05) is 57.0 Å². The quantitative estimate of drug-likeness (QED) is 0.161. The molecule has 0 fully saturated rings. The second kappa shape index (κ2) is 22.7. The van der Waals surface area contributed by atoms with Gasteiger partial charge in [0.2, 0.25) is 0 Å². The van der Waals surface area contributed by atoms with E-state index >= 15 is 0 Å². The van der Waals surface area contributed by atoms with Crippen LogP contribution in [-0.4, -0.2) is 15.0 Å². The molecule has 0 aliphatic rings. The number of para-hydroxylation sites is 1. The first-order valence-electron chi connectivity index (χ1n) is 23.0. The van der Waals surface area contributed by atoms with Crippen LogP contribution >= 0.6 is 0 Å². The number of benzene rings is 4. The van der Waals surface area contributed by atoms with Gasteiger partial charge in [-0.1, -0.05) is 104 Å². The average molecular weight is 1150 g/mol. The first-order valence-corrected chi connectivity index (χ1v) is 18.0. The Labute approximate surface area is 395 Å². The Morgan fingerprint density at radius 3 is 1.51 bits per heavy atom. The van der Waals surface area contributed by atoms with Gasteiger partial charge in [0.15, 0.2) is 5.58 Å². The molecular weight excluding hydrogens is 1080 g/mol. The van der Waals surface area contributed by atoms with Crippen LogP contribution in [0.25, 0.3) is 55.7 Å². The van der Waals surface area contributed by atoms with Gasteiger partial charge in [-0.05, 0) is 57.9 Å².